The maximum Gasteiger partial charge on any atom is 0.251 e. The summed E-state index contributed by atoms with van der Waals surface area (Å²) in [5, 5.41) is 2.74. The first-order valence-electron chi connectivity index (χ1n) is 8.55. The van der Waals surface area contributed by atoms with Gasteiger partial charge in [0.25, 0.3) is 5.91 Å². The van der Waals surface area contributed by atoms with E-state index < -0.39 is 0 Å². The van der Waals surface area contributed by atoms with Gasteiger partial charge in [0.2, 0.25) is 5.91 Å². The third kappa shape index (κ3) is 3.93. The van der Waals surface area contributed by atoms with Crippen LogP contribution in [0.1, 0.15) is 32.8 Å². The first-order valence-corrected chi connectivity index (χ1v) is 9.59. The van der Waals surface area contributed by atoms with Gasteiger partial charge in [-0.1, -0.05) is 12.1 Å². The Hall–Kier alpha value is -2.93. The lowest BCUT2D eigenvalue weighted by molar-refractivity contribution is -0.128. The lowest BCUT2D eigenvalue weighted by Crippen LogP contribution is -2.27. The number of nitrogens with one attached hydrogen (secondary N) is 1. The molecule has 27 heavy (non-hydrogen) atoms. The van der Waals surface area contributed by atoms with Crippen molar-refractivity contribution >= 4 is 23.6 Å². The smallest absolute Gasteiger partial charge is 0.251 e. The molecule has 1 saturated heterocycles. The molecule has 7 heteroatoms. The monoisotopic (exact) mass is 382 g/mol. The number of nitrogens with zero attached hydrogens (tertiary/aromatic N) is 1. The van der Waals surface area contributed by atoms with Crippen LogP contribution < -0.4 is 5.32 Å². The molecule has 1 aliphatic rings. The second kappa shape index (κ2) is 7.75. The molecule has 2 amide bonds. The molecule has 1 N–H and O–H groups in total. The van der Waals surface area contributed by atoms with E-state index in [1.54, 1.807) is 47.4 Å². The first kappa shape index (κ1) is 17.5. The van der Waals surface area contributed by atoms with Crippen LogP contribution in [0.5, 0.6) is 0 Å². The minimum absolute atomic E-state index is 0.0807. The van der Waals surface area contributed by atoms with Gasteiger partial charge in [-0.25, -0.2) is 0 Å². The molecule has 3 heterocycles. The summed E-state index contributed by atoms with van der Waals surface area (Å²) in [5.41, 5.74) is 1.55. The molecular formula is C20H18N2O4S. The Bertz CT molecular complexity index is 904. The van der Waals surface area contributed by atoms with Crippen molar-refractivity contribution < 1.29 is 18.4 Å². The molecule has 0 spiro atoms. The van der Waals surface area contributed by atoms with Gasteiger partial charge in [-0.3, -0.25) is 9.59 Å². The Kier molecular flexibility index (Phi) is 5.02. The number of amides is 2. The van der Waals surface area contributed by atoms with Crippen molar-refractivity contribution in [3.8, 4) is 0 Å². The largest absolute Gasteiger partial charge is 0.467 e. The lowest BCUT2D eigenvalue weighted by atomic mass is 10.1. The van der Waals surface area contributed by atoms with Gasteiger partial charge in [-0.15, -0.1) is 11.8 Å². The summed E-state index contributed by atoms with van der Waals surface area (Å²) in [4.78, 5) is 26.3. The first-order chi connectivity index (χ1) is 13.2. The van der Waals surface area contributed by atoms with Gasteiger partial charge < -0.3 is 19.1 Å². The molecule has 4 rings (SSSR count). The minimum Gasteiger partial charge on any atom is -0.467 e. The summed E-state index contributed by atoms with van der Waals surface area (Å²) >= 11 is 1.58. The zero-order valence-electron chi connectivity index (χ0n) is 14.5. The lowest BCUT2D eigenvalue weighted by Gasteiger charge is -2.23. The average Bonchev–Trinajstić information content (AvgIpc) is 3.44. The van der Waals surface area contributed by atoms with Crippen LogP contribution in [0.25, 0.3) is 0 Å². The number of carbonyl (C=O) groups excluding carboxylic acids is 2. The highest BCUT2D eigenvalue weighted by Gasteiger charge is 2.33. The number of rotatable bonds is 6. The fraction of sp³-hybridized carbons (Fsp3) is 0.200. The Labute approximate surface area is 160 Å². The van der Waals surface area contributed by atoms with Crippen LogP contribution in [-0.2, 0) is 17.9 Å². The highest BCUT2D eigenvalue weighted by Crippen LogP contribution is 2.39. The number of hydrogen-bond donors (Lipinski definition) is 1. The molecule has 0 radical (unpaired) electrons. The maximum absolute atomic E-state index is 12.3. The van der Waals surface area contributed by atoms with E-state index in [4.69, 9.17) is 8.83 Å². The van der Waals surface area contributed by atoms with E-state index in [1.807, 2.05) is 30.3 Å². The molecule has 1 atom stereocenters. The van der Waals surface area contributed by atoms with E-state index >= 15 is 0 Å². The number of benzene rings is 1. The average molecular weight is 382 g/mol. The molecule has 0 saturated carbocycles. The maximum atomic E-state index is 12.3. The van der Waals surface area contributed by atoms with Gasteiger partial charge in [0, 0.05) is 5.56 Å². The number of thioether (sulfide) groups is 1. The molecule has 2 aromatic heterocycles. The molecule has 1 aliphatic heterocycles. The Morgan fingerprint density at radius 1 is 1.07 bits per heavy atom. The zero-order valence-corrected chi connectivity index (χ0v) is 15.3. The van der Waals surface area contributed by atoms with Crippen molar-refractivity contribution in [2.24, 2.45) is 0 Å². The van der Waals surface area contributed by atoms with Crippen LogP contribution in [-0.4, -0.2) is 22.5 Å². The van der Waals surface area contributed by atoms with Crippen molar-refractivity contribution in [2.75, 3.05) is 5.75 Å². The minimum atomic E-state index is -0.166. The van der Waals surface area contributed by atoms with Gasteiger partial charge in [0.1, 0.15) is 16.9 Å². The summed E-state index contributed by atoms with van der Waals surface area (Å²) in [7, 11) is 0. The van der Waals surface area contributed by atoms with Gasteiger partial charge in [0.15, 0.2) is 0 Å². The van der Waals surface area contributed by atoms with Crippen molar-refractivity contribution in [1.82, 2.24) is 10.2 Å². The molecule has 6 nitrogen and oxygen atoms in total. The number of carbonyl (C=O) groups is 2. The van der Waals surface area contributed by atoms with Crippen molar-refractivity contribution in [2.45, 2.75) is 18.5 Å². The third-order valence-corrected chi connectivity index (χ3v) is 5.59. The van der Waals surface area contributed by atoms with E-state index in [1.165, 1.54) is 0 Å². The van der Waals surface area contributed by atoms with Crippen LogP contribution in [0.15, 0.2) is 69.9 Å². The topological polar surface area (TPSA) is 75.7 Å². The third-order valence-electron chi connectivity index (χ3n) is 4.34. The highest BCUT2D eigenvalue weighted by atomic mass is 32.2. The Morgan fingerprint density at radius 3 is 2.44 bits per heavy atom. The highest BCUT2D eigenvalue weighted by molar-refractivity contribution is 8.00. The van der Waals surface area contributed by atoms with Crippen LogP contribution in [0, 0.1) is 0 Å². The molecule has 0 unspecified atom stereocenters. The van der Waals surface area contributed by atoms with Crippen molar-refractivity contribution in [1.29, 1.82) is 0 Å². The summed E-state index contributed by atoms with van der Waals surface area (Å²) in [6.45, 7) is 0.784. The van der Waals surface area contributed by atoms with Crippen LogP contribution >= 0.6 is 11.8 Å². The second-order valence-electron chi connectivity index (χ2n) is 6.15. The predicted octanol–water partition coefficient (Wildman–Crippen LogP) is 3.58. The molecular weight excluding hydrogens is 364 g/mol. The summed E-state index contributed by atoms with van der Waals surface area (Å²) < 4.78 is 10.6. The van der Waals surface area contributed by atoms with Crippen molar-refractivity contribution in [3.05, 3.63) is 83.7 Å². The van der Waals surface area contributed by atoms with E-state index in [2.05, 4.69) is 5.32 Å². The van der Waals surface area contributed by atoms with Gasteiger partial charge in [0.05, 0.1) is 31.4 Å². The molecule has 1 fully saturated rings. The predicted molar refractivity (Wildman–Crippen MR) is 101 cm³/mol. The van der Waals surface area contributed by atoms with Crippen LogP contribution in [0.4, 0.5) is 0 Å². The van der Waals surface area contributed by atoms with Gasteiger partial charge >= 0.3 is 0 Å². The normalized spacial score (nSPS) is 16.7. The fourth-order valence-electron chi connectivity index (χ4n) is 2.95. The Morgan fingerprint density at radius 2 is 1.78 bits per heavy atom. The van der Waals surface area contributed by atoms with E-state index in [-0.39, 0.29) is 17.2 Å². The number of furan rings is 2. The quantitative estimate of drug-likeness (QED) is 0.705. The number of hydrogen-bond acceptors (Lipinski definition) is 5. The van der Waals surface area contributed by atoms with Crippen molar-refractivity contribution in [3.63, 3.8) is 0 Å². The molecule has 0 bridgehead atoms. The zero-order chi connectivity index (χ0) is 18.6. The molecule has 3 aromatic rings. The SMILES string of the molecule is O=C(NCc1ccco1)c1ccc([C@H]2SCC(=O)N2Cc2ccco2)cc1. The summed E-state index contributed by atoms with van der Waals surface area (Å²) in [5.74, 6) is 1.82. The Balaban J connectivity index is 1.43. The van der Waals surface area contributed by atoms with Crippen LogP contribution in [0.3, 0.4) is 0 Å². The van der Waals surface area contributed by atoms with Gasteiger partial charge in [-0.2, -0.15) is 0 Å². The van der Waals surface area contributed by atoms with E-state index in [0.29, 0.717) is 30.2 Å². The standard InChI is InChI=1S/C20H18N2O4S/c23-18-13-27-20(22(18)12-17-4-2-10-26-17)15-7-5-14(6-8-15)19(24)21-11-16-3-1-9-25-16/h1-10,20H,11-13H2,(H,21,24)/t20-/m1/s1. The molecule has 1 aromatic carbocycles. The van der Waals surface area contributed by atoms with E-state index in [9.17, 15) is 9.59 Å². The second-order valence-corrected chi connectivity index (χ2v) is 7.22. The molecule has 0 aliphatic carbocycles. The fourth-order valence-corrected chi connectivity index (χ4v) is 4.14. The van der Waals surface area contributed by atoms with Crippen LogP contribution in [0.2, 0.25) is 0 Å². The van der Waals surface area contributed by atoms with Gasteiger partial charge in [-0.05, 0) is 42.0 Å². The molecule has 138 valence electrons. The van der Waals surface area contributed by atoms with E-state index in [0.717, 1.165) is 11.3 Å². The summed E-state index contributed by atoms with van der Waals surface area (Å²) in [6.07, 6.45) is 3.18. The summed E-state index contributed by atoms with van der Waals surface area (Å²) in [6, 6.07) is 14.6.